The second-order valence-electron chi connectivity index (χ2n) is 11.1. The number of nitrogens with zero attached hydrogens (tertiary/aromatic N) is 7. The van der Waals surface area contributed by atoms with Crippen LogP contribution in [0.1, 0.15) is 49.0 Å². The van der Waals surface area contributed by atoms with Gasteiger partial charge in [-0.2, -0.15) is 26.3 Å². The van der Waals surface area contributed by atoms with Crippen molar-refractivity contribution in [3.05, 3.63) is 29.7 Å². The Bertz CT molecular complexity index is 1160. The molecule has 0 radical (unpaired) electrons. The van der Waals surface area contributed by atoms with Gasteiger partial charge in [-0.25, -0.2) is 14.5 Å². The normalized spacial score (nSPS) is 23.7. The molecule has 1 saturated carbocycles. The maximum Gasteiger partial charge on any atom is 0.453 e. The predicted octanol–water partition coefficient (Wildman–Crippen LogP) is 3.66. The molecule has 9 nitrogen and oxygen atoms in total. The molecule has 2 aromatic rings. The third-order valence-electron chi connectivity index (χ3n) is 8.27. The first-order valence-electron chi connectivity index (χ1n) is 12.1. The Labute approximate surface area is 207 Å². The maximum atomic E-state index is 12.9. The molecule has 0 atom stereocenters. The van der Waals surface area contributed by atoms with Crippen LogP contribution in [0.4, 0.5) is 31.1 Å². The SMILES string of the molecule is O=C(N1CC2(CCN(Cc3cc(C(F)(F)F)no3)CC2)C1)N1CC2(CC(n3cnc(C(F)(F)F)n3)C2)C1. The average molecular weight is 533 g/mol. The van der Waals surface area contributed by atoms with E-state index in [4.69, 9.17) is 4.52 Å². The van der Waals surface area contributed by atoms with Crippen LogP contribution in [0.5, 0.6) is 0 Å². The van der Waals surface area contributed by atoms with Crippen LogP contribution in [0.15, 0.2) is 16.9 Å². The molecule has 3 saturated heterocycles. The molecule has 2 amide bonds. The van der Waals surface area contributed by atoms with Gasteiger partial charge in [-0.15, -0.1) is 5.10 Å². The molecule has 6 rings (SSSR count). The number of carbonyl (C=O) groups excluding carboxylic acids is 1. The molecule has 1 aliphatic carbocycles. The zero-order valence-corrected chi connectivity index (χ0v) is 19.7. The average Bonchev–Trinajstić information content (AvgIpc) is 3.40. The fourth-order valence-electron chi connectivity index (χ4n) is 6.21. The second-order valence-corrected chi connectivity index (χ2v) is 11.1. The fourth-order valence-corrected chi connectivity index (χ4v) is 6.21. The maximum absolute atomic E-state index is 12.9. The summed E-state index contributed by atoms with van der Waals surface area (Å²) in [5, 5.41) is 6.65. The molecule has 5 heterocycles. The Morgan fingerprint density at radius 1 is 0.973 bits per heavy atom. The first kappa shape index (κ1) is 24.5. The Balaban J connectivity index is 0.926. The molecule has 0 bridgehead atoms. The van der Waals surface area contributed by atoms with E-state index in [-0.39, 0.29) is 35.2 Å². The molecule has 4 fully saturated rings. The van der Waals surface area contributed by atoms with Crippen LogP contribution in [-0.2, 0) is 18.9 Å². The first-order valence-corrected chi connectivity index (χ1v) is 12.1. The van der Waals surface area contributed by atoms with Gasteiger partial charge in [0.1, 0.15) is 6.33 Å². The lowest BCUT2D eigenvalue weighted by molar-refractivity contribution is -0.145. The summed E-state index contributed by atoms with van der Waals surface area (Å²) in [6, 6.07) is 0.795. The molecule has 2 aromatic heterocycles. The number of hydrogen-bond donors (Lipinski definition) is 0. The third-order valence-corrected chi connectivity index (χ3v) is 8.27. The minimum atomic E-state index is -4.56. The summed E-state index contributed by atoms with van der Waals surface area (Å²) >= 11 is 0. The zero-order valence-electron chi connectivity index (χ0n) is 19.7. The van der Waals surface area contributed by atoms with Crippen LogP contribution >= 0.6 is 0 Å². The van der Waals surface area contributed by atoms with Crippen molar-refractivity contribution in [1.29, 1.82) is 0 Å². The van der Waals surface area contributed by atoms with E-state index in [1.54, 1.807) is 4.90 Å². The van der Waals surface area contributed by atoms with Gasteiger partial charge in [0.2, 0.25) is 0 Å². The molecule has 4 aliphatic rings. The van der Waals surface area contributed by atoms with E-state index in [9.17, 15) is 31.1 Å². The molecule has 37 heavy (non-hydrogen) atoms. The van der Waals surface area contributed by atoms with Gasteiger partial charge in [0, 0.05) is 43.1 Å². The van der Waals surface area contributed by atoms with Gasteiger partial charge in [0.05, 0.1) is 12.6 Å². The largest absolute Gasteiger partial charge is 0.453 e. The summed E-state index contributed by atoms with van der Waals surface area (Å²) in [4.78, 5) is 21.9. The number of urea groups is 1. The van der Waals surface area contributed by atoms with Crippen LogP contribution in [-0.4, -0.2) is 79.9 Å². The Kier molecular flexibility index (Phi) is 5.35. The molecular weight excluding hydrogens is 508 g/mol. The third kappa shape index (κ3) is 4.44. The lowest BCUT2D eigenvalue weighted by atomic mass is 9.60. The quantitative estimate of drug-likeness (QED) is 0.561. The van der Waals surface area contributed by atoms with Gasteiger partial charge in [-0.05, 0) is 38.8 Å². The van der Waals surface area contributed by atoms with E-state index in [1.807, 2.05) is 9.80 Å². The van der Waals surface area contributed by atoms with Gasteiger partial charge in [-0.1, -0.05) is 5.16 Å². The van der Waals surface area contributed by atoms with Crippen molar-refractivity contribution in [3.8, 4) is 0 Å². The Hall–Kier alpha value is -2.84. The van der Waals surface area contributed by atoms with Gasteiger partial charge in [0.25, 0.3) is 5.82 Å². The number of hydrogen-bond acceptors (Lipinski definition) is 6. The number of alkyl halides is 6. The molecule has 0 aromatic carbocycles. The van der Waals surface area contributed by atoms with Gasteiger partial charge < -0.3 is 14.3 Å². The van der Waals surface area contributed by atoms with Gasteiger partial charge >= 0.3 is 18.4 Å². The smallest absolute Gasteiger partial charge is 0.359 e. The van der Waals surface area contributed by atoms with Crippen molar-refractivity contribution in [3.63, 3.8) is 0 Å². The van der Waals surface area contributed by atoms with Crippen LogP contribution < -0.4 is 0 Å². The lowest BCUT2D eigenvalue weighted by Crippen LogP contribution is -2.70. The van der Waals surface area contributed by atoms with E-state index in [0.29, 0.717) is 52.1 Å². The lowest BCUT2D eigenvalue weighted by Gasteiger charge is -2.61. The summed E-state index contributed by atoms with van der Waals surface area (Å²) in [6.07, 6.45) is -4.92. The van der Waals surface area contributed by atoms with Crippen molar-refractivity contribution in [2.75, 3.05) is 39.3 Å². The number of amides is 2. The molecule has 3 aliphatic heterocycles. The van der Waals surface area contributed by atoms with Crippen molar-refractivity contribution in [1.82, 2.24) is 34.6 Å². The van der Waals surface area contributed by atoms with E-state index < -0.39 is 23.9 Å². The molecule has 0 unspecified atom stereocenters. The number of piperidine rings is 1. The van der Waals surface area contributed by atoms with Crippen LogP contribution in [0, 0.1) is 10.8 Å². The summed E-state index contributed by atoms with van der Waals surface area (Å²) in [5.41, 5.74) is -1.04. The highest BCUT2D eigenvalue weighted by Crippen LogP contribution is 2.54. The summed E-state index contributed by atoms with van der Waals surface area (Å²) in [7, 11) is 0. The number of halogens is 6. The Morgan fingerprint density at radius 3 is 2.14 bits per heavy atom. The predicted molar refractivity (Wildman–Crippen MR) is 113 cm³/mol. The Morgan fingerprint density at radius 2 is 1.59 bits per heavy atom. The van der Waals surface area contributed by atoms with E-state index in [2.05, 4.69) is 15.2 Å². The summed E-state index contributed by atoms with van der Waals surface area (Å²) in [5.74, 6) is -0.951. The number of rotatable bonds is 3. The van der Waals surface area contributed by atoms with Crippen LogP contribution in [0.3, 0.4) is 0 Å². The second kappa shape index (κ2) is 8.08. The number of carbonyl (C=O) groups is 1. The number of aromatic nitrogens is 4. The summed E-state index contributed by atoms with van der Waals surface area (Å²) < 4.78 is 82.4. The highest BCUT2D eigenvalue weighted by Gasteiger charge is 2.57. The molecule has 202 valence electrons. The highest BCUT2D eigenvalue weighted by molar-refractivity contribution is 5.76. The number of likely N-dealkylation sites (tertiary alicyclic amines) is 3. The monoisotopic (exact) mass is 533 g/mol. The first-order chi connectivity index (χ1) is 17.3. The molecule has 0 N–H and O–H groups in total. The van der Waals surface area contributed by atoms with Crippen molar-refractivity contribution in [2.45, 2.75) is 50.6 Å². The van der Waals surface area contributed by atoms with Crippen molar-refractivity contribution >= 4 is 6.03 Å². The fraction of sp³-hybridized carbons (Fsp3) is 0.727. The minimum Gasteiger partial charge on any atom is -0.359 e. The highest BCUT2D eigenvalue weighted by atomic mass is 19.4. The van der Waals surface area contributed by atoms with Crippen molar-refractivity contribution < 1.29 is 35.7 Å². The van der Waals surface area contributed by atoms with E-state index >= 15 is 0 Å². The van der Waals surface area contributed by atoms with Crippen molar-refractivity contribution in [2.24, 2.45) is 10.8 Å². The standard InChI is InChI=1S/C22H25F6N7O2/c23-21(24,25)16-5-15(37-31-16)8-32-3-1-19(2-4-32)9-33(10-19)18(36)34-11-20(12-34)6-14(7-20)35-13-29-17(30-35)22(26,27)28/h5,13-14H,1-4,6-12H2. The van der Waals surface area contributed by atoms with Crippen LogP contribution in [0.25, 0.3) is 0 Å². The zero-order chi connectivity index (χ0) is 26.2. The topological polar surface area (TPSA) is 83.5 Å². The summed E-state index contributed by atoms with van der Waals surface area (Å²) in [6.45, 7) is 4.18. The van der Waals surface area contributed by atoms with Gasteiger partial charge in [0.15, 0.2) is 11.5 Å². The van der Waals surface area contributed by atoms with Crippen LogP contribution in [0.2, 0.25) is 0 Å². The molecule has 2 spiro atoms. The van der Waals surface area contributed by atoms with Gasteiger partial charge in [-0.3, -0.25) is 4.90 Å². The van der Waals surface area contributed by atoms with E-state index in [1.165, 1.54) is 4.68 Å². The van der Waals surface area contributed by atoms with E-state index in [0.717, 1.165) is 25.2 Å². The molecule has 15 heteroatoms. The minimum absolute atomic E-state index is 0.0106. The molecular formula is C22H25F6N7O2.